The minimum Gasteiger partial charge on any atom is -0.353 e. The number of alkyl halides is 2. The Bertz CT molecular complexity index is 550. The van der Waals surface area contributed by atoms with E-state index in [0.29, 0.717) is 6.54 Å². The van der Waals surface area contributed by atoms with Crippen molar-refractivity contribution in [2.75, 3.05) is 26.2 Å². The molecule has 0 spiro atoms. The number of fused-ring (bicyclic) bond motifs is 1. The Hall–Kier alpha value is -1.53. The van der Waals surface area contributed by atoms with Crippen molar-refractivity contribution in [3.05, 3.63) is 35.4 Å². The van der Waals surface area contributed by atoms with E-state index in [2.05, 4.69) is 33.7 Å². The van der Waals surface area contributed by atoms with Gasteiger partial charge in [-0.1, -0.05) is 24.3 Å². The molecule has 2 N–H and O–H groups in total. The summed E-state index contributed by atoms with van der Waals surface area (Å²) in [5.74, 6) is -3.09. The number of carbonyl (C=O) groups excluding carboxylic acids is 1. The van der Waals surface area contributed by atoms with E-state index in [4.69, 9.17) is 0 Å². The Morgan fingerprint density at radius 1 is 1.36 bits per heavy atom. The molecule has 2 heterocycles. The monoisotopic (exact) mass is 309 g/mol. The number of hydrogen-bond donors (Lipinski definition) is 2. The number of rotatable bonds is 4. The van der Waals surface area contributed by atoms with E-state index < -0.39 is 24.9 Å². The maximum absolute atomic E-state index is 13.1. The van der Waals surface area contributed by atoms with E-state index in [9.17, 15) is 13.6 Å². The lowest BCUT2D eigenvalue weighted by Crippen LogP contribution is -2.44. The number of amides is 1. The van der Waals surface area contributed by atoms with Crippen LogP contribution >= 0.6 is 0 Å². The lowest BCUT2D eigenvalue weighted by Gasteiger charge is -2.28. The molecule has 4 nitrogen and oxygen atoms in total. The quantitative estimate of drug-likeness (QED) is 0.877. The Morgan fingerprint density at radius 3 is 2.86 bits per heavy atom. The molecule has 3 rings (SSSR count). The predicted molar refractivity (Wildman–Crippen MR) is 79.8 cm³/mol. The lowest BCUT2D eigenvalue weighted by molar-refractivity contribution is -0.123. The standard InChI is InChI=1S/C16H21F2N3O/c17-16(18)9-14(20-11-16)15(22)19-6-8-21-7-5-12-3-1-2-4-13(12)10-21/h1-4,14,20H,5-11H2,(H,19,22). The fraction of sp³-hybridized carbons (Fsp3) is 0.562. The fourth-order valence-corrected chi connectivity index (χ4v) is 3.11. The first-order valence-electron chi connectivity index (χ1n) is 7.72. The SMILES string of the molecule is O=C(NCCN1CCc2ccccc2C1)C1CC(F)(F)CN1. The molecule has 1 fully saturated rings. The van der Waals surface area contributed by atoms with Gasteiger partial charge >= 0.3 is 0 Å². The third-order valence-electron chi connectivity index (χ3n) is 4.36. The van der Waals surface area contributed by atoms with Crippen LogP contribution in [0, 0.1) is 0 Å². The first-order chi connectivity index (χ1) is 10.5. The van der Waals surface area contributed by atoms with Gasteiger partial charge in [0.05, 0.1) is 12.6 Å². The highest BCUT2D eigenvalue weighted by Gasteiger charge is 2.42. The van der Waals surface area contributed by atoms with Gasteiger partial charge in [0, 0.05) is 32.6 Å². The lowest BCUT2D eigenvalue weighted by atomic mass is 10.00. The molecule has 0 bridgehead atoms. The van der Waals surface area contributed by atoms with Crippen LogP contribution in [-0.4, -0.2) is 49.0 Å². The summed E-state index contributed by atoms with van der Waals surface area (Å²) in [4.78, 5) is 14.1. The van der Waals surface area contributed by atoms with Crippen LogP contribution < -0.4 is 10.6 Å². The van der Waals surface area contributed by atoms with Crippen LogP contribution in [0.1, 0.15) is 17.5 Å². The third kappa shape index (κ3) is 3.62. The molecule has 1 unspecified atom stereocenters. The van der Waals surface area contributed by atoms with Crippen molar-refractivity contribution in [2.45, 2.75) is 31.4 Å². The second kappa shape index (κ2) is 6.30. The first kappa shape index (κ1) is 15.4. The fourth-order valence-electron chi connectivity index (χ4n) is 3.11. The largest absolute Gasteiger partial charge is 0.353 e. The number of nitrogens with one attached hydrogen (secondary N) is 2. The first-order valence-corrected chi connectivity index (χ1v) is 7.72. The predicted octanol–water partition coefficient (Wildman–Crippen LogP) is 1.16. The van der Waals surface area contributed by atoms with Gasteiger partial charge in [-0.3, -0.25) is 15.0 Å². The minimum atomic E-state index is -2.77. The molecule has 6 heteroatoms. The van der Waals surface area contributed by atoms with Crippen LogP contribution in [0.15, 0.2) is 24.3 Å². The van der Waals surface area contributed by atoms with Gasteiger partial charge in [-0.15, -0.1) is 0 Å². The summed E-state index contributed by atoms with van der Waals surface area (Å²) >= 11 is 0. The highest BCUT2D eigenvalue weighted by atomic mass is 19.3. The number of nitrogens with zero attached hydrogens (tertiary/aromatic N) is 1. The van der Waals surface area contributed by atoms with Crippen molar-refractivity contribution in [3.8, 4) is 0 Å². The summed E-state index contributed by atoms with van der Waals surface area (Å²) in [7, 11) is 0. The molecule has 0 radical (unpaired) electrons. The number of carbonyl (C=O) groups is 1. The summed E-state index contributed by atoms with van der Waals surface area (Å²) in [6, 6.07) is 7.61. The zero-order valence-electron chi connectivity index (χ0n) is 12.4. The maximum Gasteiger partial charge on any atom is 0.262 e. The molecule has 22 heavy (non-hydrogen) atoms. The zero-order chi connectivity index (χ0) is 15.6. The average molecular weight is 309 g/mol. The average Bonchev–Trinajstić information content (AvgIpc) is 2.87. The van der Waals surface area contributed by atoms with Crippen LogP contribution in [0.25, 0.3) is 0 Å². The van der Waals surface area contributed by atoms with Gasteiger partial charge in [-0.2, -0.15) is 0 Å². The molecule has 2 aliphatic heterocycles. The topological polar surface area (TPSA) is 44.4 Å². The molecule has 0 aliphatic carbocycles. The van der Waals surface area contributed by atoms with Crippen molar-refractivity contribution in [2.24, 2.45) is 0 Å². The molecule has 1 amide bonds. The number of benzene rings is 1. The summed E-state index contributed by atoms with van der Waals surface area (Å²) in [5, 5.41) is 5.33. The molecule has 1 aromatic carbocycles. The van der Waals surface area contributed by atoms with E-state index in [1.165, 1.54) is 11.1 Å². The highest BCUT2D eigenvalue weighted by Crippen LogP contribution is 2.25. The molecular weight excluding hydrogens is 288 g/mol. The van der Waals surface area contributed by atoms with Gasteiger partial charge in [-0.25, -0.2) is 8.78 Å². The van der Waals surface area contributed by atoms with Crippen molar-refractivity contribution >= 4 is 5.91 Å². The van der Waals surface area contributed by atoms with Gasteiger partial charge in [0.15, 0.2) is 0 Å². The summed E-state index contributed by atoms with van der Waals surface area (Å²) in [6.45, 7) is 2.67. The van der Waals surface area contributed by atoms with Gasteiger partial charge in [0.1, 0.15) is 0 Å². The van der Waals surface area contributed by atoms with E-state index in [-0.39, 0.29) is 5.91 Å². The van der Waals surface area contributed by atoms with Crippen LogP contribution in [0.4, 0.5) is 8.78 Å². The van der Waals surface area contributed by atoms with Gasteiger partial charge in [0.2, 0.25) is 5.91 Å². The van der Waals surface area contributed by atoms with Crippen LogP contribution in [0.2, 0.25) is 0 Å². The Morgan fingerprint density at radius 2 is 2.14 bits per heavy atom. The molecular formula is C16H21F2N3O. The van der Waals surface area contributed by atoms with Crippen LogP contribution in [0.5, 0.6) is 0 Å². The third-order valence-corrected chi connectivity index (χ3v) is 4.36. The second-order valence-electron chi connectivity index (χ2n) is 6.08. The van der Waals surface area contributed by atoms with E-state index in [1.54, 1.807) is 0 Å². The van der Waals surface area contributed by atoms with Crippen LogP contribution in [-0.2, 0) is 17.8 Å². The molecule has 0 aromatic heterocycles. The van der Waals surface area contributed by atoms with Gasteiger partial charge in [0.25, 0.3) is 5.92 Å². The van der Waals surface area contributed by atoms with Crippen molar-refractivity contribution < 1.29 is 13.6 Å². The smallest absolute Gasteiger partial charge is 0.262 e. The molecule has 1 saturated heterocycles. The van der Waals surface area contributed by atoms with Crippen molar-refractivity contribution in [1.82, 2.24) is 15.5 Å². The second-order valence-corrected chi connectivity index (χ2v) is 6.08. The van der Waals surface area contributed by atoms with Crippen molar-refractivity contribution in [1.29, 1.82) is 0 Å². The molecule has 1 aromatic rings. The minimum absolute atomic E-state index is 0.324. The summed E-state index contributed by atoms with van der Waals surface area (Å²) in [5.41, 5.74) is 2.72. The Labute approximate surface area is 128 Å². The highest BCUT2D eigenvalue weighted by molar-refractivity contribution is 5.82. The maximum atomic E-state index is 13.1. The molecule has 120 valence electrons. The van der Waals surface area contributed by atoms with Gasteiger partial charge in [-0.05, 0) is 17.5 Å². The molecule has 0 saturated carbocycles. The molecule has 1 atom stereocenters. The van der Waals surface area contributed by atoms with Gasteiger partial charge < -0.3 is 5.32 Å². The Kier molecular flexibility index (Phi) is 4.40. The Balaban J connectivity index is 1.42. The zero-order valence-corrected chi connectivity index (χ0v) is 12.4. The number of halogens is 2. The van der Waals surface area contributed by atoms with E-state index >= 15 is 0 Å². The summed E-state index contributed by atoms with van der Waals surface area (Å²) in [6.07, 6.45) is 0.608. The van der Waals surface area contributed by atoms with E-state index in [0.717, 1.165) is 26.1 Å². The summed E-state index contributed by atoms with van der Waals surface area (Å²) < 4.78 is 26.1. The number of hydrogen-bond acceptors (Lipinski definition) is 3. The van der Waals surface area contributed by atoms with Crippen LogP contribution in [0.3, 0.4) is 0 Å². The van der Waals surface area contributed by atoms with Crippen molar-refractivity contribution in [3.63, 3.8) is 0 Å². The van der Waals surface area contributed by atoms with E-state index in [1.807, 2.05) is 6.07 Å². The normalized spacial score (nSPS) is 24.0. The molecule has 2 aliphatic rings.